The van der Waals surface area contributed by atoms with Crippen LogP contribution in [0.5, 0.6) is 0 Å². The number of piperazine rings is 1. The molecule has 0 spiro atoms. The fraction of sp³-hybridized carbons (Fsp3) is 0.625. The Morgan fingerprint density at radius 2 is 1.95 bits per heavy atom. The molecule has 1 atom stereocenters. The first-order chi connectivity index (χ1) is 9.86. The number of aliphatic hydroxyl groups is 1. The second-order valence-corrected chi connectivity index (χ2v) is 7.38. The van der Waals surface area contributed by atoms with Crippen molar-refractivity contribution in [2.75, 3.05) is 32.8 Å². The minimum Gasteiger partial charge on any atom is -0.396 e. The van der Waals surface area contributed by atoms with Gasteiger partial charge >= 0.3 is 0 Å². The quantitative estimate of drug-likeness (QED) is 0.821. The summed E-state index contributed by atoms with van der Waals surface area (Å²) >= 11 is 3.47. The van der Waals surface area contributed by atoms with Gasteiger partial charge in [-0.15, -0.1) is 12.4 Å². The number of aliphatic hydroxyl groups excluding tert-OH is 1. The summed E-state index contributed by atoms with van der Waals surface area (Å²) in [4.78, 5) is 2.27. The van der Waals surface area contributed by atoms with Gasteiger partial charge in [0.1, 0.15) is 5.82 Å². The first kappa shape index (κ1) is 19.8. The summed E-state index contributed by atoms with van der Waals surface area (Å²) in [7, 11) is 0. The van der Waals surface area contributed by atoms with Crippen LogP contribution in [0.15, 0.2) is 16.6 Å². The highest BCUT2D eigenvalue weighted by atomic mass is 79.9. The Hall–Kier alpha value is -0.200. The van der Waals surface area contributed by atoms with Crippen LogP contribution in [0.1, 0.15) is 31.0 Å². The molecule has 1 fully saturated rings. The zero-order valence-corrected chi connectivity index (χ0v) is 15.7. The molecule has 1 aromatic carbocycles. The Balaban J connectivity index is 0.00000242. The summed E-state index contributed by atoms with van der Waals surface area (Å²) in [5.74, 6) is -0.164. The van der Waals surface area contributed by atoms with Crippen molar-refractivity contribution < 1.29 is 9.50 Å². The van der Waals surface area contributed by atoms with E-state index in [1.807, 2.05) is 19.9 Å². The van der Waals surface area contributed by atoms with Crippen LogP contribution >= 0.6 is 28.3 Å². The maximum atomic E-state index is 14.7. The molecule has 0 saturated carbocycles. The van der Waals surface area contributed by atoms with Gasteiger partial charge < -0.3 is 10.4 Å². The van der Waals surface area contributed by atoms with Gasteiger partial charge in [-0.1, -0.05) is 29.8 Å². The molecule has 6 heteroatoms. The summed E-state index contributed by atoms with van der Waals surface area (Å²) in [6, 6.07) is 3.51. The minimum absolute atomic E-state index is 0. The third-order valence-electron chi connectivity index (χ3n) is 4.21. The van der Waals surface area contributed by atoms with Gasteiger partial charge in [-0.25, -0.2) is 4.39 Å². The van der Waals surface area contributed by atoms with Crippen molar-refractivity contribution in [3.05, 3.63) is 33.5 Å². The standard InChI is InChI=1S/C16H24BrFN2O.ClH/c1-11-8-12(17)9-13(14(11)18)15(16(2,3)10-21)20-6-4-19-5-7-20;/h8-9,15,19,21H,4-7,10H2,1-3H3;1H/t15-;/m1./s1. The first-order valence-electron chi connectivity index (χ1n) is 7.38. The molecule has 1 heterocycles. The summed E-state index contributed by atoms with van der Waals surface area (Å²) in [5, 5.41) is 13.1. The lowest BCUT2D eigenvalue weighted by Crippen LogP contribution is -2.49. The summed E-state index contributed by atoms with van der Waals surface area (Å²) < 4.78 is 15.6. The number of aryl methyl sites for hydroxylation is 1. The molecule has 3 nitrogen and oxygen atoms in total. The normalized spacial score (nSPS) is 17.9. The second-order valence-electron chi connectivity index (χ2n) is 6.46. The molecule has 1 aliphatic rings. The van der Waals surface area contributed by atoms with Crippen LogP contribution in [-0.2, 0) is 0 Å². The zero-order valence-electron chi connectivity index (χ0n) is 13.3. The van der Waals surface area contributed by atoms with Crippen LogP contribution in [0.25, 0.3) is 0 Å². The van der Waals surface area contributed by atoms with Crippen LogP contribution < -0.4 is 5.32 Å². The van der Waals surface area contributed by atoms with Gasteiger partial charge in [0.25, 0.3) is 0 Å². The topological polar surface area (TPSA) is 35.5 Å². The third-order valence-corrected chi connectivity index (χ3v) is 4.66. The van der Waals surface area contributed by atoms with Gasteiger partial charge in [0.05, 0.1) is 0 Å². The molecule has 0 aromatic heterocycles. The van der Waals surface area contributed by atoms with Gasteiger partial charge in [-0.05, 0) is 24.6 Å². The smallest absolute Gasteiger partial charge is 0.130 e. The number of hydrogen-bond donors (Lipinski definition) is 2. The van der Waals surface area contributed by atoms with Crippen LogP contribution in [-0.4, -0.2) is 42.8 Å². The van der Waals surface area contributed by atoms with Crippen LogP contribution in [0.2, 0.25) is 0 Å². The van der Waals surface area contributed by atoms with Gasteiger partial charge in [0.2, 0.25) is 0 Å². The lowest BCUT2D eigenvalue weighted by atomic mass is 9.79. The lowest BCUT2D eigenvalue weighted by Gasteiger charge is -2.43. The van der Waals surface area contributed by atoms with E-state index in [4.69, 9.17) is 0 Å². The zero-order chi connectivity index (χ0) is 15.6. The number of halogens is 3. The number of nitrogens with zero attached hydrogens (tertiary/aromatic N) is 1. The molecule has 0 amide bonds. The minimum atomic E-state index is -0.411. The van der Waals surface area contributed by atoms with Crippen molar-refractivity contribution in [1.82, 2.24) is 10.2 Å². The predicted molar refractivity (Wildman–Crippen MR) is 94.1 cm³/mol. The molecule has 1 aliphatic heterocycles. The average molecular weight is 396 g/mol. The summed E-state index contributed by atoms with van der Waals surface area (Å²) in [6.45, 7) is 9.30. The van der Waals surface area contributed by atoms with Crippen LogP contribution in [0, 0.1) is 18.2 Å². The molecule has 2 N–H and O–H groups in total. The number of rotatable bonds is 4. The Morgan fingerprint density at radius 3 is 2.50 bits per heavy atom. The van der Waals surface area contributed by atoms with E-state index in [0.717, 1.165) is 30.7 Å². The van der Waals surface area contributed by atoms with Crippen molar-refractivity contribution in [2.24, 2.45) is 5.41 Å². The molecule has 0 bridgehead atoms. The maximum Gasteiger partial charge on any atom is 0.130 e. The van der Waals surface area contributed by atoms with Crippen molar-refractivity contribution in [3.63, 3.8) is 0 Å². The second kappa shape index (κ2) is 8.06. The molecule has 22 heavy (non-hydrogen) atoms. The molecule has 1 aromatic rings. The van der Waals surface area contributed by atoms with Crippen LogP contribution in [0.4, 0.5) is 4.39 Å². The van der Waals surface area contributed by atoms with E-state index in [1.54, 1.807) is 13.0 Å². The van der Waals surface area contributed by atoms with E-state index < -0.39 is 5.41 Å². The SMILES string of the molecule is Cc1cc(Br)cc([C@@H](N2CCNCC2)C(C)(C)CO)c1F.Cl. The molecule has 0 aliphatic carbocycles. The predicted octanol–water partition coefficient (Wildman–Crippen LogP) is 3.28. The van der Waals surface area contributed by atoms with Crippen LogP contribution in [0.3, 0.4) is 0 Å². The molecule has 0 unspecified atom stereocenters. The number of hydrogen-bond acceptors (Lipinski definition) is 3. The third kappa shape index (κ3) is 4.20. The molecule has 126 valence electrons. The van der Waals surface area contributed by atoms with E-state index in [9.17, 15) is 9.50 Å². The first-order valence-corrected chi connectivity index (χ1v) is 8.17. The molecule has 0 radical (unpaired) electrons. The maximum absolute atomic E-state index is 14.7. The Kier molecular flexibility index (Phi) is 7.27. The molecular weight excluding hydrogens is 371 g/mol. The highest BCUT2D eigenvalue weighted by Crippen LogP contribution is 2.40. The van der Waals surface area contributed by atoms with E-state index >= 15 is 0 Å². The summed E-state index contributed by atoms with van der Waals surface area (Å²) in [5.41, 5.74) is 0.891. The van der Waals surface area contributed by atoms with Crippen molar-refractivity contribution in [3.8, 4) is 0 Å². The average Bonchev–Trinajstić information content (AvgIpc) is 2.45. The number of benzene rings is 1. The highest BCUT2D eigenvalue weighted by molar-refractivity contribution is 9.10. The fourth-order valence-corrected chi connectivity index (χ4v) is 3.68. The van der Waals surface area contributed by atoms with E-state index in [1.165, 1.54) is 0 Å². The molecular formula is C16H25BrClFN2O. The van der Waals surface area contributed by atoms with Gasteiger partial charge in [-0.2, -0.15) is 0 Å². The Morgan fingerprint density at radius 1 is 1.36 bits per heavy atom. The van der Waals surface area contributed by atoms with Crippen molar-refractivity contribution >= 4 is 28.3 Å². The van der Waals surface area contributed by atoms with Crippen molar-refractivity contribution in [1.29, 1.82) is 0 Å². The lowest BCUT2D eigenvalue weighted by molar-refractivity contribution is 0.0285. The molecule has 1 saturated heterocycles. The summed E-state index contributed by atoms with van der Waals surface area (Å²) in [6.07, 6.45) is 0. The van der Waals surface area contributed by atoms with Gasteiger partial charge in [0, 0.05) is 54.3 Å². The van der Waals surface area contributed by atoms with E-state index in [-0.39, 0.29) is 30.9 Å². The van der Waals surface area contributed by atoms with Gasteiger partial charge in [-0.3, -0.25) is 4.90 Å². The molecule has 2 rings (SSSR count). The Bertz CT molecular complexity index is 507. The largest absolute Gasteiger partial charge is 0.396 e. The van der Waals surface area contributed by atoms with E-state index in [2.05, 4.69) is 26.1 Å². The Labute approximate surface area is 146 Å². The van der Waals surface area contributed by atoms with E-state index in [0.29, 0.717) is 11.1 Å². The fourth-order valence-electron chi connectivity index (χ4n) is 3.09. The van der Waals surface area contributed by atoms with Gasteiger partial charge in [0.15, 0.2) is 0 Å². The van der Waals surface area contributed by atoms with Crippen molar-refractivity contribution in [2.45, 2.75) is 26.8 Å². The number of nitrogens with one attached hydrogen (secondary N) is 1. The monoisotopic (exact) mass is 394 g/mol. The highest BCUT2D eigenvalue weighted by Gasteiger charge is 2.37.